The molecule has 5 nitrogen and oxygen atoms in total. The van der Waals surface area contributed by atoms with Gasteiger partial charge in [-0.25, -0.2) is 0 Å². The monoisotopic (exact) mass is 308 g/mol. The molecule has 0 amide bonds. The normalized spacial score (nSPS) is 17.3. The highest BCUT2D eigenvalue weighted by molar-refractivity contribution is 5.60. The lowest BCUT2D eigenvalue weighted by atomic mass is 10.0. The van der Waals surface area contributed by atoms with E-state index in [1.165, 1.54) is 5.56 Å². The van der Waals surface area contributed by atoms with E-state index >= 15 is 0 Å². The zero-order valence-electron chi connectivity index (χ0n) is 13.8. The highest BCUT2D eigenvalue weighted by Gasteiger charge is 2.26. The van der Waals surface area contributed by atoms with Gasteiger partial charge in [-0.2, -0.15) is 0 Å². The maximum absolute atomic E-state index is 8.64. The smallest absolute Gasteiger partial charge is 0.143 e. The largest absolute Gasteiger partial charge is 0.484 e. The summed E-state index contributed by atoms with van der Waals surface area (Å²) in [6, 6.07) is 6.72. The molecule has 0 saturated heterocycles. The SMILES string of the molecule is CC(Cc1ccc2c(c1)NCC(C)(C)O2)NCCOCCO. The summed E-state index contributed by atoms with van der Waals surface area (Å²) in [4.78, 5) is 0. The quantitative estimate of drug-likeness (QED) is 0.639. The molecule has 0 spiro atoms. The van der Waals surface area contributed by atoms with E-state index in [1.54, 1.807) is 0 Å². The van der Waals surface area contributed by atoms with Gasteiger partial charge in [0, 0.05) is 12.6 Å². The van der Waals surface area contributed by atoms with Crippen molar-refractivity contribution in [1.82, 2.24) is 5.32 Å². The summed E-state index contributed by atoms with van der Waals surface area (Å²) < 4.78 is 11.2. The Morgan fingerprint density at radius 3 is 3.00 bits per heavy atom. The van der Waals surface area contributed by atoms with Crippen molar-refractivity contribution in [2.75, 3.05) is 38.2 Å². The van der Waals surface area contributed by atoms with Gasteiger partial charge in [-0.1, -0.05) is 6.07 Å². The van der Waals surface area contributed by atoms with Gasteiger partial charge < -0.3 is 25.2 Å². The molecule has 1 aliphatic rings. The van der Waals surface area contributed by atoms with E-state index in [2.05, 4.69) is 49.6 Å². The van der Waals surface area contributed by atoms with Crippen LogP contribution in [0.15, 0.2) is 18.2 Å². The van der Waals surface area contributed by atoms with Crippen LogP contribution in [0.2, 0.25) is 0 Å². The maximum Gasteiger partial charge on any atom is 0.143 e. The van der Waals surface area contributed by atoms with E-state index in [-0.39, 0.29) is 12.2 Å². The van der Waals surface area contributed by atoms with Crippen molar-refractivity contribution in [3.05, 3.63) is 23.8 Å². The first-order valence-corrected chi connectivity index (χ1v) is 7.98. The number of nitrogens with one attached hydrogen (secondary N) is 2. The summed E-state index contributed by atoms with van der Waals surface area (Å²) in [6.45, 7) is 9.06. The zero-order chi connectivity index (χ0) is 16.0. The van der Waals surface area contributed by atoms with Crippen LogP contribution >= 0.6 is 0 Å². The summed E-state index contributed by atoms with van der Waals surface area (Å²) in [5.41, 5.74) is 2.21. The number of ether oxygens (including phenoxy) is 2. The van der Waals surface area contributed by atoms with Crippen molar-refractivity contribution < 1.29 is 14.6 Å². The van der Waals surface area contributed by atoms with Gasteiger partial charge in [0.1, 0.15) is 11.4 Å². The van der Waals surface area contributed by atoms with Crippen LogP contribution in [0.25, 0.3) is 0 Å². The Balaban J connectivity index is 1.81. The third kappa shape index (κ3) is 5.16. The van der Waals surface area contributed by atoms with Crippen LogP contribution in [-0.4, -0.2) is 49.7 Å². The number of fused-ring (bicyclic) bond motifs is 1. The summed E-state index contributed by atoms with van der Waals surface area (Å²) >= 11 is 0. The number of hydrogen-bond acceptors (Lipinski definition) is 5. The molecule has 1 atom stereocenters. The van der Waals surface area contributed by atoms with Gasteiger partial charge in [0.15, 0.2) is 0 Å². The molecule has 124 valence electrons. The Bertz CT molecular complexity index is 477. The van der Waals surface area contributed by atoms with Gasteiger partial charge in [-0.3, -0.25) is 0 Å². The lowest BCUT2D eigenvalue weighted by Gasteiger charge is -2.33. The number of benzene rings is 1. The van der Waals surface area contributed by atoms with Crippen LogP contribution < -0.4 is 15.4 Å². The summed E-state index contributed by atoms with van der Waals surface area (Å²) in [5.74, 6) is 0.929. The topological polar surface area (TPSA) is 62.8 Å². The van der Waals surface area contributed by atoms with Crippen LogP contribution in [-0.2, 0) is 11.2 Å². The number of hydrogen-bond donors (Lipinski definition) is 3. The second-order valence-electron chi connectivity index (χ2n) is 6.44. The molecule has 1 aromatic rings. The standard InChI is InChI=1S/C17H28N2O3/c1-13(18-6-8-21-9-7-20)10-14-4-5-16-15(11-14)19-12-17(2,3)22-16/h4-5,11,13,18-20H,6-10,12H2,1-3H3. The molecule has 3 N–H and O–H groups in total. The van der Waals surface area contributed by atoms with E-state index in [9.17, 15) is 0 Å². The molecule has 22 heavy (non-hydrogen) atoms. The number of aliphatic hydroxyl groups excluding tert-OH is 1. The Hall–Kier alpha value is -1.30. The van der Waals surface area contributed by atoms with Crippen molar-refractivity contribution >= 4 is 5.69 Å². The maximum atomic E-state index is 8.64. The molecular formula is C17H28N2O3. The molecule has 5 heteroatoms. The minimum Gasteiger partial charge on any atom is -0.484 e. The van der Waals surface area contributed by atoms with Crippen LogP contribution in [0.5, 0.6) is 5.75 Å². The van der Waals surface area contributed by atoms with E-state index in [0.717, 1.165) is 30.9 Å². The average molecular weight is 308 g/mol. The molecule has 1 unspecified atom stereocenters. The zero-order valence-corrected chi connectivity index (χ0v) is 13.8. The third-order valence-electron chi connectivity index (χ3n) is 3.65. The lowest BCUT2D eigenvalue weighted by molar-refractivity contribution is 0.0928. The van der Waals surface area contributed by atoms with Crippen LogP contribution in [0.3, 0.4) is 0 Å². The molecule has 1 aromatic carbocycles. The molecule has 1 aliphatic heterocycles. The summed E-state index contributed by atoms with van der Waals surface area (Å²) in [5, 5.41) is 15.5. The van der Waals surface area contributed by atoms with E-state index in [1.807, 2.05) is 0 Å². The van der Waals surface area contributed by atoms with Crippen LogP contribution in [0, 0.1) is 0 Å². The number of rotatable bonds is 8. The predicted octanol–water partition coefficient (Wildman–Crippen LogP) is 1.80. The molecule has 1 heterocycles. The Morgan fingerprint density at radius 2 is 2.23 bits per heavy atom. The summed E-state index contributed by atoms with van der Waals surface area (Å²) in [6.07, 6.45) is 0.957. The first-order chi connectivity index (χ1) is 10.5. The van der Waals surface area contributed by atoms with Crippen LogP contribution in [0.4, 0.5) is 5.69 Å². The van der Waals surface area contributed by atoms with Gasteiger partial charge in [-0.15, -0.1) is 0 Å². The van der Waals surface area contributed by atoms with E-state index < -0.39 is 0 Å². The van der Waals surface area contributed by atoms with Crippen molar-refractivity contribution in [2.24, 2.45) is 0 Å². The number of aliphatic hydroxyl groups is 1. The van der Waals surface area contributed by atoms with Gasteiger partial charge >= 0.3 is 0 Å². The highest BCUT2D eigenvalue weighted by atomic mass is 16.5. The van der Waals surface area contributed by atoms with Crippen molar-refractivity contribution in [3.63, 3.8) is 0 Å². The second-order valence-corrected chi connectivity index (χ2v) is 6.44. The van der Waals surface area contributed by atoms with Crippen molar-refractivity contribution in [1.29, 1.82) is 0 Å². The first kappa shape index (κ1) is 17.1. The number of anilines is 1. The first-order valence-electron chi connectivity index (χ1n) is 7.98. The van der Waals surface area contributed by atoms with Gasteiger partial charge in [0.25, 0.3) is 0 Å². The predicted molar refractivity (Wildman–Crippen MR) is 88.7 cm³/mol. The van der Waals surface area contributed by atoms with E-state index in [4.69, 9.17) is 14.6 Å². The fourth-order valence-electron chi connectivity index (χ4n) is 2.54. The molecule has 0 aromatic heterocycles. The summed E-state index contributed by atoms with van der Waals surface area (Å²) in [7, 11) is 0. The molecule has 0 bridgehead atoms. The third-order valence-corrected chi connectivity index (χ3v) is 3.65. The minimum absolute atomic E-state index is 0.0799. The Morgan fingerprint density at radius 1 is 1.41 bits per heavy atom. The molecule has 2 rings (SSSR count). The molecule has 0 fully saturated rings. The average Bonchev–Trinajstić information content (AvgIpc) is 2.46. The van der Waals surface area contributed by atoms with Gasteiger partial charge in [0.05, 0.1) is 32.1 Å². The van der Waals surface area contributed by atoms with Gasteiger partial charge in [0.2, 0.25) is 0 Å². The molecule has 0 aliphatic carbocycles. The molecular weight excluding hydrogens is 280 g/mol. The van der Waals surface area contributed by atoms with Crippen molar-refractivity contribution in [3.8, 4) is 5.75 Å². The highest BCUT2D eigenvalue weighted by Crippen LogP contribution is 2.33. The second kappa shape index (κ2) is 7.81. The van der Waals surface area contributed by atoms with Gasteiger partial charge in [-0.05, 0) is 44.9 Å². The fourth-order valence-corrected chi connectivity index (χ4v) is 2.54. The van der Waals surface area contributed by atoms with E-state index in [0.29, 0.717) is 19.3 Å². The lowest BCUT2D eigenvalue weighted by Crippen LogP contribution is -2.40. The fraction of sp³-hybridized carbons (Fsp3) is 0.647. The van der Waals surface area contributed by atoms with Crippen LogP contribution in [0.1, 0.15) is 26.3 Å². The molecule has 0 saturated carbocycles. The molecule has 0 radical (unpaired) electrons. The van der Waals surface area contributed by atoms with Crippen molar-refractivity contribution in [2.45, 2.75) is 38.8 Å². The minimum atomic E-state index is -0.155. The Labute approximate surface area is 133 Å². The Kier molecular flexibility index (Phi) is 6.06.